The van der Waals surface area contributed by atoms with Gasteiger partial charge in [-0.25, -0.2) is 4.98 Å². The van der Waals surface area contributed by atoms with E-state index in [0.717, 1.165) is 24.8 Å². The largest absolute Gasteiger partial charge is 0.356 e. The number of amides is 1. The predicted molar refractivity (Wildman–Crippen MR) is 118 cm³/mol. The van der Waals surface area contributed by atoms with Gasteiger partial charge in [-0.15, -0.1) is 11.3 Å². The molecule has 2 aromatic heterocycles. The maximum Gasteiger partial charge on any atom is 0.226 e. The third-order valence-electron chi connectivity index (χ3n) is 5.14. The molecule has 0 bridgehead atoms. The lowest BCUT2D eigenvalue weighted by molar-refractivity contribution is -0.121. The summed E-state index contributed by atoms with van der Waals surface area (Å²) in [5.74, 6) is 1.14. The predicted octanol–water partition coefficient (Wildman–Crippen LogP) is 4.80. The fourth-order valence-corrected chi connectivity index (χ4v) is 4.87. The number of nitrogens with zero attached hydrogens (tertiary/aromatic N) is 3. The van der Waals surface area contributed by atoms with Crippen LogP contribution in [0.2, 0.25) is 5.02 Å². The molecule has 3 aromatic rings. The monoisotopic (exact) mass is 444 g/mol. The maximum absolute atomic E-state index is 12.1. The first-order valence-electron chi connectivity index (χ1n) is 10.5. The van der Waals surface area contributed by atoms with Crippen LogP contribution in [0.3, 0.4) is 0 Å². The van der Waals surface area contributed by atoms with Crippen LogP contribution in [0.15, 0.2) is 28.8 Å². The molecule has 0 spiro atoms. The summed E-state index contributed by atoms with van der Waals surface area (Å²) in [6.45, 7) is 0.685. The summed E-state index contributed by atoms with van der Waals surface area (Å²) < 4.78 is 5.28. The molecular weight excluding hydrogens is 420 g/mol. The first kappa shape index (κ1) is 21.0. The molecule has 1 aliphatic carbocycles. The molecule has 0 saturated heterocycles. The quantitative estimate of drug-likeness (QED) is 0.479. The molecule has 1 aliphatic rings. The molecule has 30 heavy (non-hydrogen) atoms. The minimum absolute atomic E-state index is 0.0610. The fraction of sp³-hybridized carbons (Fsp3) is 0.455. The summed E-state index contributed by atoms with van der Waals surface area (Å²) in [5.41, 5.74) is 2.17. The molecule has 1 amide bonds. The Hall–Kier alpha value is -2.25. The number of halogens is 1. The van der Waals surface area contributed by atoms with Gasteiger partial charge in [0.05, 0.1) is 10.7 Å². The van der Waals surface area contributed by atoms with E-state index in [1.807, 2.05) is 23.5 Å². The average molecular weight is 445 g/mol. The molecule has 0 radical (unpaired) electrons. The van der Waals surface area contributed by atoms with Crippen molar-refractivity contribution in [2.45, 2.75) is 57.8 Å². The van der Waals surface area contributed by atoms with Gasteiger partial charge in [0, 0.05) is 41.3 Å². The summed E-state index contributed by atoms with van der Waals surface area (Å²) in [6.07, 6.45) is 8.43. The number of carbonyl (C=O) groups is 1. The van der Waals surface area contributed by atoms with Crippen molar-refractivity contribution in [1.29, 1.82) is 0 Å². The zero-order valence-corrected chi connectivity index (χ0v) is 18.4. The van der Waals surface area contributed by atoms with Crippen molar-refractivity contribution in [1.82, 2.24) is 20.4 Å². The number of fused-ring (bicyclic) bond motifs is 1. The summed E-state index contributed by atoms with van der Waals surface area (Å²) in [5, 5.41) is 8.87. The van der Waals surface area contributed by atoms with Crippen LogP contribution in [0.5, 0.6) is 0 Å². The molecule has 0 saturated carbocycles. The molecule has 0 unspecified atom stereocenters. The smallest absolute Gasteiger partial charge is 0.226 e. The number of thiazole rings is 1. The number of benzene rings is 1. The van der Waals surface area contributed by atoms with Crippen molar-refractivity contribution < 1.29 is 9.32 Å². The zero-order valence-electron chi connectivity index (χ0n) is 16.8. The van der Waals surface area contributed by atoms with Crippen molar-refractivity contribution in [2.24, 2.45) is 0 Å². The Balaban J connectivity index is 1.13. The second-order valence-corrected chi connectivity index (χ2v) is 9.11. The van der Waals surface area contributed by atoms with Gasteiger partial charge in [0.1, 0.15) is 0 Å². The third kappa shape index (κ3) is 5.67. The van der Waals surface area contributed by atoms with E-state index in [9.17, 15) is 4.79 Å². The van der Waals surface area contributed by atoms with Gasteiger partial charge in [-0.1, -0.05) is 16.8 Å². The van der Waals surface area contributed by atoms with Crippen LogP contribution in [0, 0.1) is 0 Å². The first-order chi connectivity index (χ1) is 14.7. The number of aryl methyl sites for hydroxylation is 4. The Kier molecular flexibility index (Phi) is 7.12. The second-order valence-electron chi connectivity index (χ2n) is 7.51. The van der Waals surface area contributed by atoms with Crippen LogP contribution in [-0.4, -0.2) is 27.6 Å². The molecule has 0 fully saturated rings. The van der Waals surface area contributed by atoms with Gasteiger partial charge in [0.15, 0.2) is 0 Å². The van der Waals surface area contributed by atoms with Crippen LogP contribution in [0.4, 0.5) is 0 Å². The molecule has 0 aliphatic heterocycles. The summed E-state index contributed by atoms with van der Waals surface area (Å²) in [6, 6.07) is 7.29. The fourth-order valence-electron chi connectivity index (χ4n) is 3.54. The van der Waals surface area contributed by atoms with E-state index >= 15 is 0 Å². The Morgan fingerprint density at radius 1 is 1.10 bits per heavy atom. The average Bonchev–Trinajstić information content (AvgIpc) is 3.38. The second kappa shape index (κ2) is 10.2. The van der Waals surface area contributed by atoms with Gasteiger partial charge in [-0.2, -0.15) is 4.98 Å². The number of hydrogen-bond donors (Lipinski definition) is 1. The topological polar surface area (TPSA) is 80.9 Å². The lowest BCUT2D eigenvalue weighted by Gasteiger charge is -2.06. The van der Waals surface area contributed by atoms with Crippen molar-refractivity contribution in [3.8, 4) is 11.4 Å². The Morgan fingerprint density at radius 2 is 1.93 bits per heavy atom. The van der Waals surface area contributed by atoms with Crippen molar-refractivity contribution in [2.75, 3.05) is 6.54 Å². The van der Waals surface area contributed by atoms with Crippen LogP contribution < -0.4 is 5.32 Å². The molecule has 1 aromatic carbocycles. The zero-order chi connectivity index (χ0) is 20.8. The highest BCUT2D eigenvalue weighted by Crippen LogP contribution is 2.27. The Bertz CT molecular complexity index is 960. The van der Waals surface area contributed by atoms with Crippen LogP contribution in [-0.2, 0) is 30.5 Å². The van der Waals surface area contributed by atoms with Gasteiger partial charge in [0.2, 0.25) is 17.6 Å². The summed E-state index contributed by atoms with van der Waals surface area (Å²) in [4.78, 5) is 22.7. The van der Waals surface area contributed by atoms with Gasteiger partial charge in [-0.05, 0) is 62.8 Å². The van der Waals surface area contributed by atoms with Crippen LogP contribution in [0.1, 0.15) is 53.6 Å². The van der Waals surface area contributed by atoms with Crippen molar-refractivity contribution in [3.63, 3.8) is 0 Å². The lowest BCUT2D eigenvalue weighted by atomic mass is 10.0. The van der Waals surface area contributed by atoms with E-state index in [2.05, 4.69) is 15.5 Å². The molecule has 6 nitrogen and oxygen atoms in total. The van der Waals surface area contributed by atoms with E-state index in [1.54, 1.807) is 12.1 Å². The van der Waals surface area contributed by atoms with Crippen molar-refractivity contribution >= 4 is 28.8 Å². The van der Waals surface area contributed by atoms with Gasteiger partial charge in [0.25, 0.3) is 0 Å². The first-order valence-corrected chi connectivity index (χ1v) is 11.7. The maximum atomic E-state index is 12.1. The molecule has 8 heteroatoms. The van der Waals surface area contributed by atoms with Crippen LogP contribution in [0.25, 0.3) is 11.4 Å². The van der Waals surface area contributed by atoms with Gasteiger partial charge in [-0.3, -0.25) is 4.79 Å². The highest BCUT2D eigenvalue weighted by molar-refractivity contribution is 7.11. The minimum Gasteiger partial charge on any atom is -0.356 e. The van der Waals surface area contributed by atoms with E-state index in [4.69, 9.17) is 21.1 Å². The minimum atomic E-state index is 0.0610. The number of nitrogens with one attached hydrogen (secondary N) is 1. The Morgan fingerprint density at radius 3 is 2.77 bits per heavy atom. The molecule has 4 rings (SSSR count). The van der Waals surface area contributed by atoms with E-state index in [-0.39, 0.29) is 5.91 Å². The number of carbonyl (C=O) groups excluding carboxylic acids is 1. The summed E-state index contributed by atoms with van der Waals surface area (Å²) >= 11 is 7.75. The lowest BCUT2D eigenvalue weighted by Crippen LogP contribution is -2.24. The Labute approximate surface area is 185 Å². The standard InChI is InChI=1S/C22H25ClN4O2S/c23-16-12-10-15(11-13-16)22-26-20(29-27-22)8-3-7-19(28)24-14-4-9-21-25-17-5-1-2-6-18(17)30-21/h10-13H,1-9,14H2,(H,24,28). The highest BCUT2D eigenvalue weighted by atomic mass is 35.5. The van der Waals surface area contributed by atoms with E-state index in [0.29, 0.717) is 42.5 Å². The van der Waals surface area contributed by atoms with E-state index < -0.39 is 0 Å². The van der Waals surface area contributed by atoms with Gasteiger partial charge >= 0.3 is 0 Å². The SMILES string of the molecule is O=C(CCCc1nc(-c2ccc(Cl)cc2)no1)NCCCc1nc2c(s1)CCCC2. The molecule has 158 valence electrons. The normalized spacial score (nSPS) is 13.2. The molecule has 2 heterocycles. The van der Waals surface area contributed by atoms with Gasteiger partial charge < -0.3 is 9.84 Å². The molecule has 0 atom stereocenters. The molecular formula is C22H25ClN4O2S. The van der Waals surface area contributed by atoms with E-state index in [1.165, 1.54) is 34.8 Å². The van der Waals surface area contributed by atoms with Crippen molar-refractivity contribution in [3.05, 3.63) is 50.8 Å². The number of hydrogen-bond acceptors (Lipinski definition) is 6. The van der Waals surface area contributed by atoms with Crippen LogP contribution >= 0.6 is 22.9 Å². The summed E-state index contributed by atoms with van der Waals surface area (Å²) in [7, 11) is 0. The third-order valence-corrected chi connectivity index (χ3v) is 6.61. The number of aromatic nitrogens is 3. The number of rotatable bonds is 9. The highest BCUT2D eigenvalue weighted by Gasteiger charge is 2.15. The molecule has 1 N–H and O–H groups in total.